The van der Waals surface area contributed by atoms with Crippen LogP contribution in [0.2, 0.25) is 0 Å². The molecule has 0 aliphatic carbocycles. The van der Waals surface area contributed by atoms with Crippen LogP contribution in [0, 0.1) is 0 Å². The third-order valence-electron chi connectivity index (χ3n) is 4.59. The number of fused-ring (bicyclic) bond motifs is 1. The molecular weight excluding hydrogens is 388 g/mol. The van der Waals surface area contributed by atoms with Gasteiger partial charge in [0.2, 0.25) is 0 Å². The maximum Gasteiger partial charge on any atom is 0.303 e. The van der Waals surface area contributed by atoms with Crippen molar-refractivity contribution < 1.29 is 23.2 Å². The van der Waals surface area contributed by atoms with Crippen molar-refractivity contribution in [3.63, 3.8) is 0 Å². The fourth-order valence-corrected chi connectivity index (χ4v) is 4.51. The molecule has 6 nitrogen and oxygen atoms in total. The molecular formula is C22H26N2O4S. The Hall–Kier alpha value is -2.51. The number of rotatable bonds is 6. The fraction of sp³-hybridized carbons (Fsp3) is 0.364. The van der Waals surface area contributed by atoms with E-state index in [9.17, 15) is 9.59 Å². The van der Waals surface area contributed by atoms with Crippen LogP contribution in [0.3, 0.4) is 0 Å². The lowest BCUT2D eigenvalue weighted by Gasteiger charge is -2.28. The number of nitrogens with zero attached hydrogens (tertiary/aromatic N) is 2. The summed E-state index contributed by atoms with van der Waals surface area (Å²) in [6, 6.07) is 14.7. The van der Waals surface area contributed by atoms with Gasteiger partial charge in [0, 0.05) is 29.0 Å². The van der Waals surface area contributed by atoms with Crippen LogP contribution < -0.4 is 9.64 Å². The van der Waals surface area contributed by atoms with Gasteiger partial charge in [0.1, 0.15) is 5.75 Å². The number of esters is 1. The third kappa shape index (κ3) is 4.92. The second-order valence-electron chi connectivity index (χ2n) is 6.72. The summed E-state index contributed by atoms with van der Waals surface area (Å²) in [6.45, 7) is -0.739. The van der Waals surface area contributed by atoms with E-state index >= 15 is 0 Å². The van der Waals surface area contributed by atoms with Crippen molar-refractivity contribution in [3.8, 4) is 5.75 Å². The summed E-state index contributed by atoms with van der Waals surface area (Å²) in [4.78, 5) is 29.2. The zero-order chi connectivity index (χ0) is 23.5. The van der Waals surface area contributed by atoms with Crippen LogP contribution >= 0.6 is 11.8 Å². The zero-order valence-electron chi connectivity index (χ0n) is 19.6. The lowest BCUT2D eigenvalue weighted by molar-refractivity contribution is -0.152. The minimum absolute atomic E-state index is 0.126. The maximum absolute atomic E-state index is 13.7. The van der Waals surface area contributed by atoms with E-state index in [4.69, 9.17) is 13.6 Å². The Bertz CT molecular complexity index is 968. The Morgan fingerprint density at radius 2 is 1.97 bits per heavy atom. The average molecular weight is 418 g/mol. The first-order chi connectivity index (χ1) is 15.1. The first-order valence-electron chi connectivity index (χ1n) is 10.7. The van der Waals surface area contributed by atoms with Crippen LogP contribution in [0.25, 0.3) is 0 Å². The van der Waals surface area contributed by atoms with E-state index < -0.39 is 30.2 Å². The predicted octanol–water partition coefficient (Wildman–Crippen LogP) is 3.37. The summed E-state index contributed by atoms with van der Waals surface area (Å²) >= 11 is 1.44. The Balaban J connectivity index is 2.02. The molecule has 3 rings (SSSR count). The number of anilines is 1. The number of thioether (sulfide) groups is 1. The van der Waals surface area contributed by atoms with E-state index in [1.807, 2.05) is 36.4 Å². The second kappa shape index (κ2) is 9.33. The molecule has 1 aliphatic rings. The fourth-order valence-electron chi connectivity index (χ4n) is 3.19. The van der Waals surface area contributed by atoms with E-state index in [1.54, 1.807) is 19.2 Å². The normalized spacial score (nSPS) is 20.9. The number of hydrogen-bond acceptors (Lipinski definition) is 6. The van der Waals surface area contributed by atoms with Crippen LogP contribution in [0.4, 0.5) is 5.69 Å². The standard InChI is InChI=1S/C22H26N2O4S/c1-15(25)28-20-21(16-9-11-17(27-4)12-10-16)29-19-8-6-5-7-18(19)24(22(20)26)14-13-23(2)3/h5-12,20-21H,13-14H2,1-4H3/t20-,21+/m1/s1/i2D3. The first-order valence-corrected chi connectivity index (χ1v) is 10.1. The Labute approximate surface area is 180 Å². The summed E-state index contributed by atoms with van der Waals surface area (Å²) < 4.78 is 33.5. The summed E-state index contributed by atoms with van der Waals surface area (Å²) in [5, 5.41) is -0.483. The van der Waals surface area contributed by atoms with Gasteiger partial charge < -0.3 is 19.3 Å². The van der Waals surface area contributed by atoms with Gasteiger partial charge in [-0.05, 0) is 43.9 Å². The first kappa shape index (κ1) is 17.4. The quantitative estimate of drug-likeness (QED) is 0.672. The van der Waals surface area contributed by atoms with E-state index in [0.717, 1.165) is 10.5 Å². The molecule has 1 amide bonds. The molecule has 0 spiro atoms. The van der Waals surface area contributed by atoms with Gasteiger partial charge in [0.25, 0.3) is 5.91 Å². The summed E-state index contributed by atoms with van der Waals surface area (Å²) in [5.74, 6) is -0.275. The molecule has 7 heteroatoms. The van der Waals surface area contributed by atoms with Crippen LogP contribution in [0.15, 0.2) is 53.4 Å². The largest absolute Gasteiger partial charge is 0.497 e. The van der Waals surface area contributed by atoms with Crippen molar-refractivity contribution in [1.82, 2.24) is 4.90 Å². The Kier molecular flexibility index (Phi) is 5.58. The predicted molar refractivity (Wildman–Crippen MR) is 114 cm³/mol. The highest BCUT2D eigenvalue weighted by atomic mass is 32.2. The SMILES string of the molecule is [2H]C([2H])([2H])N(C)CCN1C(=O)[C@H](OC(C)=O)[C@H](c2ccc(OC)cc2)Sc2ccccc21. The van der Waals surface area contributed by atoms with Crippen molar-refractivity contribution in [2.45, 2.75) is 23.2 Å². The van der Waals surface area contributed by atoms with E-state index in [2.05, 4.69) is 0 Å². The van der Waals surface area contributed by atoms with Gasteiger partial charge in [-0.2, -0.15) is 0 Å². The number of carbonyl (C=O) groups is 2. The Morgan fingerprint density at radius 3 is 2.62 bits per heavy atom. The number of hydrogen-bond donors (Lipinski definition) is 0. The monoisotopic (exact) mass is 417 g/mol. The summed E-state index contributed by atoms with van der Waals surface area (Å²) in [6.07, 6.45) is -1.07. The van der Waals surface area contributed by atoms with Gasteiger partial charge in [0.15, 0.2) is 6.10 Å². The van der Waals surface area contributed by atoms with Crippen molar-refractivity contribution >= 4 is 29.3 Å². The molecule has 1 heterocycles. The van der Waals surface area contributed by atoms with Gasteiger partial charge in [-0.1, -0.05) is 24.3 Å². The number of likely N-dealkylation sites (N-methyl/N-ethyl adjacent to an activating group) is 1. The maximum atomic E-state index is 13.7. The molecule has 2 aromatic rings. The molecule has 2 aromatic carbocycles. The smallest absolute Gasteiger partial charge is 0.303 e. The molecule has 0 saturated carbocycles. The zero-order valence-corrected chi connectivity index (χ0v) is 17.4. The van der Waals surface area contributed by atoms with Crippen LogP contribution in [-0.4, -0.2) is 57.1 Å². The number of amides is 1. The highest BCUT2D eigenvalue weighted by molar-refractivity contribution is 7.99. The minimum atomic E-state index is -2.27. The van der Waals surface area contributed by atoms with Crippen molar-refractivity contribution in [2.75, 3.05) is 39.1 Å². The van der Waals surface area contributed by atoms with Crippen molar-refractivity contribution in [3.05, 3.63) is 54.1 Å². The summed E-state index contributed by atoms with van der Waals surface area (Å²) in [5.41, 5.74) is 1.47. The third-order valence-corrected chi connectivity index (χ3v) is 5.96. The minimum Gasteiger partial charge on any atom is -0.497 e. The highest BCUT2D eigenvalue weighted by Crippen LogP contribution is 2.46. The molecule has 0 unspecified atom stereocenters. The van der Waals surface area contributed by atoms with Gasteiger partial charge in [-0.3, -0.25) is 9.59 Å². The van der Waals surface area contributed by atoms with Crippen molar-refractivity contribution in [1.29, 1.82) is 0 Å². The van der Waals surface area contributed by atoms with Gasteiger partial charge >= 0.3 is 5.97 Å². The molecule has 154 valence electrons. The lowest BCUT2D eigenvalue weighted by Crippen LogP contribution is -2.45. The molecule has 0 aromatic heterocycles. The number of methoxy groups -OCH3 is 1. The number of benzene rings is 2. The molecule has 0 N–H and O–H groups in total. The van der Waals surface area contributed by atoms with Crippen LogP contribution in [-0.2, 0) is 14.3 Å². The average Bonchev–Trinajstić information content (AvgIpc) is 2.86. The molecule has 1 aliphatic heterocycles. The lowest BCUT2D eigenvalue weighted by atomic mass is 10.1. The second-order valence-corrected chi connectivity index (χ2v) is 7.90. The van der Waals surface area contributed by atoms with Crippen molar-refractivity contribution in [2.24, 2.45) is 0 Å². The molecule has 0 saturated heterocycles. The topological polar surface area (TPSA) is 59.1 Å². The summed E-state index contributed by atoms with van der Waals surface area (Å²) in [7, 11) is 3.06. The van der Waals surface area contributed by atoms with Gasteiger partial charge in [-0.15, -0.1) is 11.8 Å². The number of carbonyl (C=O) groups excluding carboxylic acids is 2. The highest BCUT2D eigenvalue weighted by Gasteiger charge is 2.40. The van der Waals surface area contributed by atoms with Gasteiger partial charge in [-0.25, -0.2) is 0 Å². The molecule has 0 bridgehead atoms. The van der Waals surface area contributed by atoms with Gasteiger partial charge in [0.05, 0.1) is 18.0 Å². The molecule has 2 atom stereocenters. The van der Waals surface area contributed by atoms with Crippen LogP contribution in [0.1, 0.15) is 21.8 Å². The van der Waals surface area contributed by atoms with Crippen LogP contribution in [0.5, 0.6) is 5.75 Å². The number of ether oxygens (including phenoxy) is 2. The molecule has 29 heavy (non-hydrogen) atoms. The van der Waals surface area contributed by atoms with E-state index in [0.29, 0.717) is 11.4 Å². The number of para-hydroxylation sites is 1. The Morgan fingerprint density at radius 1 is 1.24 bits per heavy atom. The van der Waals surface area contributed by atoms with E-state index in [1.165, 1.54) is 35.5 Å². The molecule has 0 fully saturated rings. The molecule has 0 radical (unpaired) electrons. The van der Waals surface area contributed by atoms with E-state index in [-0.39, 0.29) is 13.1 Å².